The van der Waals surface area contributed by atoms with E-state index in [2.05, 4.69) is 21.2 Å². The quantitative estimate of drug-likeness (QED) is 0.237. The number of hydrogen-bond acceptors (Lipinski definition) is 5. The number of aromatic hydroxyl groups is 1. The lowest BCUT2D eigenvalue weighted by molar-refractivity contribution is -0.124. The number of rotatable bonds is 8. The number of anilines is 1. The summed E-state index contributed by atoms with van der Waals surface area (Å²) in [7, 11) is 0. The van der Waals surface area contributed by atoms with E-state index in [0.29, 0.717) is 24.1 Å². The van der Waals surface area contributed by atoms with Gasteiger partial charge >= 0.3 is 6.09 Å². The molecule has 0 saturated carbocycles. The molecule has 0 unspecified atom stereocenters. The number of nitrogens with one attached hydrogen (secondary N) is 2. The number of phenolic OH excluding ortho intramolecular Hbond substituents is 1. The zero-order chi connectivity index (χ0) is 22.1. The van der Waals surface area contributed by atoms with Crippen LogP contribution in [-0.2, 0) is 9.53 Å². The highest BCUT2D eigenvalue weighted by molar-refractivity contribution is 9.10. The van der Waals surface area contributed by atoms with E-state index in [-0.39, 0.29) is 11.7 Å². The average Bonchev–Trinajstić information content (AvgIpc) is 2.72. The Kier molecular flexibility index (Phi) is 8.89. The summed E-state index contributed by atoms with van der Waals surface area (Å²) in [4.78, 5) is 23.6. The topological polar surface area (TPSA) is 108 Å². The van der Waals surface area contributed by atoms with E-state index in [1.54, 1.807) is 30.3 Å². The number of carbonyl (C=O) groups is 2. The molecule has 0 aromatic heterocycles. The molecule has 0 aliphatic heterocycles. The summed E-state index contributed by atoms with van der Waals surface area (Å²) in [6.07, 6.45) is 2.58. The Morgan fingerprint density at radius 3 is 2.57 bits per heavy atom. The fourth-order valence-electron chi connectivity index (χ4n) is 2.88. The van der Waals surface area contributed by atoms with E-state index >= 15 is 0 Å². The number of aryl methyl sites for hydroxylation is 1. The first-order valence-corrected chi connectivity index (χ1v) is 10.2. The van der Waals surface area contributed by atoms with Gasteiger partial charge in [-0.1, -0.05) is 46.6 Å². The first kappa shape index (κ1) is 23.4. The minimum atomic E-state index is -0.715. The van der Waals surface area contributed by atoms with E-state index in [4.69, 9.17) is 9.94 Å². The predicted octanol–water partition coefficient (Wildman–Crippen LogP) is 5.23. The van der Waals surface area contributed by atoms with Crippen molar-refractivity contribution in [1.29, 1.82) is 0 Å². The van der Waals surface area contributed by atoms with Crippen LogP contribution in [0.25, 0.3) is 0 Å². The lowest BCUT2D eigenvalue weighted by Gasteiger charge is -2.25. The van der Waals surface area contributed by atoms with E-state index in [1.807, 2.05) is 26.0 Å². The highest BCUT2D eigenvalue weighted by Gasteiger charge is 2.26. The number of hydrogen-bond donors (Lipinski definition) is 4. The monoisotopic (exact) mass is 476 g/mol. The number of hydroxylamine groups is 1. The van der Waals surface area contributed by atoms with Crippen molar-refractivity contribution >= 4 is 33.6 Å². The number of amides is 2. The Morgan fingerprint density at radius 1 is 1.20 bits per heavy atom. The van der Waals surface area contributed by atoms with Crippen molar-refractivity contribution in [2.24, 2.45) is 5.92 Å². The van der Waals surface area contributed by atoms with Crippen LogP contribution < -0.4 is 10.8 Å². The molecule has 7 nitrogen and oxygen atoms in total. The summed E-state index contributed by atoms with van der Waals surface area (Å²) in [5, 5.41) is 21.6. The van der Waals surface area contributed by atoms with Crippen LogP contribution in [0.5, 0.6) is 5.75 Å². The maximum atomic E-state index is 12.5. The van der Waals surface area contributed by atoms with Crippen LogP contribution in [0.3, 0.4) is 0 Å². The van der Waals surface area contributed by atoms with Crippen molar-refractivity contribution in [3.63, 3.8) is 0 Å². The van der Waals surface area contributed by atoms with Crippen molar-refractivity contribution in [3.05, 3.63) is 70.2 Å². The molecule has 8 heteroatoms. The molecule has 160 valence electrons. The molecule has 0 saturated heterocycles. The summed E-state index contributed by atoms with van der Waals surface area (Å²) in [6.45, 7) is 3.85. The number of ether oxygens (including phenoxy) is 1. The van der Waals surface area contributed by atoms with E-state index < -0.39 is 18.1 Å². The van der Waals surface area contributed by atoms with Gasteiger partial charge in [0.1, 0.15) is 11.9 Å². The SMILES string of the molecule is Cc1ccc(NC(=O)O[C@@H](c2cc(Br)ccc2O)[C@@H](C)CC/C=C/C(=O)NO)cc1. The van der Waals surface area contributed by atoms with Crippen molar-refractivity contribution < 1.29 is 24.6 Å². The van der Waals surface area contributed by atoms with E-state index in [1.165, 1.54) is 17.6 Å². The molecule has 0 spiro atoms. The lowest BCUT2D eigenvalue weighted by atomic mass is 9.92. The Morgan fingerprint density at radius 2 is 1.90 bits per heavy atom. The van der Waals surface area contributed by atoms with Crippen LogP contribution >= 0.6 is 15.9 Å². The second-order valence-corrected chi connectivity index (χ2v) is 7.87. The van der Waals surface area contributed by atoms with Gasteiger partial charge < -0.3 is 9.84 Å². The summed E-state index contributed by atoms with van der Waals surface area (Å²) in [6, 6.07) is 12.3. The number of allylic oxidation sites excluding steroid dienone is 1. The average molecular weight is 477 g/mol. The normalized spacial score (nSPS) is 12.9. The minimum Gasteiger partial charge on any atom is -0.508 e. The van der Waals surface area contributed by atoms with Gasteiger partial charge in [-0.05, 0) is 56.0 Å². The van der Waals surface area contributed by atoms with Gasteiger partial charge in [-0.2, -0.15) is 0 Å². The lowest BCUT2D eigenvalue weighted by Crippen LogP contribution is -2.22. The van der Waals surface area contributed by atoms with Crippen molar-refractivity contribution in [3.8, 4) is 5.75 Å². The highest BCUT2D eigenvalue weighted by Crippen LogP contribution is 2.36. The van der Waals surface area contributed by atoms with Crippen molar-refractivity contribution in [1.82, 2.24) is 5.48 Å². The third-order valence-corrected chi connectivity index (χ3v) is 5.01. The summed E-state index contributed by atoms with van der Waals surface area (Å²) < 4.78 is 6.44. The first-order valence-electron chi connectivity index (χ1n) is 9.43. The van der Waals surface area contributed by atoms with Crippen LogP contribution in [0.2, 0.25) is 0 Å². The Balaban J connectivity index is 2.15. The molecule has 2 aromatic carbocycles. The van der Waals surface area contributed by atoms with Crippen LogP contribution in [0, 0.1) is 12.8 Å². The second-order valence-electron chi connectivity index (χ2n) is 6.95. The van der Waals surface area contributed by atoms with Gasteiger partial charge in [-0.15, -0.1) is 0 Å². The van der Waals surface area contributed by atoms with Gasteiger partial charge in [-0.3, -0.25) is 15.3 Å². The number of carbonyl (C=O) groups excluding carboxylic acids is 2. The van der Waals surface area contributed by atoms with Crippen LogP contribution in [-0.4, -0.2) is 22.3 Å². The molecule has 2 aromatic rings. The molecule has 0 bridgehead atoms. The van der Waals surface area contributed by atoms with Crippen LogP contribution in [0.1, 0.15) is 37.0 Å². The van der Waals surface area contributed by atoms with Crippen molar-refractivity contribution in [2.45, 2.75) is 32.8 Å². The van der Waals surface area contributed by atoms with Gasteiger partial charge in [0.2, 0.25) is 0 Å². The standard InChI is InChI=1S/C22H25BrN2O5/c1-14-7-10-17(11-8-14)24-22(28)30-21(18-13-16(23)9-12-19(18)26)15(2)5-3-4-6-20(27)25-29/h4,6-13,15,21,26,29H,3,5H2,1-2H3,(H,24,28)(H,25,27)/b6-4+/t15-,21+/m0/s1. The Hall–Kier alpha value is -2.84. The van der Waals surface area contributed by atoms with Crippen molar-refractivity contribution in [2.75, 3.05) is 5.32 Å². The molecule has 0 heterocycles. The van der Waals surface area contributed by atoms with Gasteiger partial charge in [0.15, 0.2) is 0 Å². The molecule has 0 aliphatic carbocycles. The van der Waals surface area contributed by atoms with Gasteiger partial charge in [0.25, 0.3) is 5.91 Å². The third-order valence-electron chi connectivity index (χ3n) is 4.51. The Labute approximate surface area is 183 Å². The molecule has 0 radical (unpaired) electrons. The van der Waals surface area contributed by atoms with Gasteiger partial charge in [-0.25, -0.2) is 10.3 Å². The molecule has 2 amide bonds. The predicted molar refractivity (Wildman–Crippen MR) is 117 cm³/mol. The first-order chi connectivity index (χ1) is 14.3. The molecular weight excluding hydrogens is 452 g/mol. The molecule has 4 N–H and O–H groups in total. The molecular formula is C22H25BrN2O5. The number of halogens is 1. The largest absolute Gasteiger partial charge is 0.508 e. The third kappa shape index (κ3) is 7.20. The fourth-order valence-corrected chi connectivity index (χ4v) is 3.26. The maximum absolute atomic E-state index is 12.5. The van der Waals surface area contributed by atoms with E-state index in [9.17, 15) is 14.7 Å². The van der Waals surface area contributed by atoms with E-state index in [0.717, 1.165) is 10.0 Å². The van der Waals surface area contributed by atoms with Gasteiger partial charge in [0.05, 0.1) is 0 Å². The van der Waals surface area contributed by atoms with Crippen LogP contribution in [0.15, 0.2) is 59.1 Å². The molecule has 2 atom stereocenters. The molecule has 2 rings (SSSR count). The highest BCUT2D eigenvalue weighted by atomic mass is 79.9. The minimum absolute atomic E-state index is 0.0217. The summed E-state index contributed by atoms with van der Waals surface area (Å²) >= 11 is 3.38. The zero-order valence-corrected chi connectivity index (χ0v) is 18.3. The number of benzene rings is 2. The second kappa shape index (κ2) is 11.4. The number of phenols is 1. The molecule has 30 heavy (non-hydrogen) atoms. The molecule has 0 aliphatic rings. The maximum Gasteiger partial charge on any atom is 0.412 e. The molecule has 0 fully saturated rings. The zero-order valence-electron chi connectivity index (χ0n) is 16.8. The van der Waals surface area contributed by atoms with Gasteiger partial charge in [0, 0.05) is 21.8 Å². The summed E-state index contributed by atoms with van der Waals surface area (Å²) in [5.41, 5.74) is 3.68. The smallest absolute Gasteiger partial charge is 0.412 e. The van der Waals surface area contributed by atoms with Crippen LogP contribution in [0.4, 0.5) is 10.5 Å². The summed E-state index contributed by atoms with van der Waals surface area (Å²) in [5.74, 6) is -0.762. The Bertz CT molecular complexity index is 899. The fraction of sp³-hybridized carbons (Fsp3) is 0.273.